The molecule has 31 heavy (non-hydrogen) atoms. The molecule has 2 aliphatic rings. The van der Waals surface area contributed by atoms with E-state index in [2.05, 4.69) is 27.5 Å². The highest BCUT2D eigenvalue weighted by atomic mass is 35.5. The SMILES string of the molecule is Fc1ccc([C@@H]2Oc3ccc(Cl)cc3C3=C2[C@@H](c2ccccc2)n2ncnc2N3)cc1. The van der Waals surface area contributed by atoms with Crippen molar-refractivity contribution in [2.45, 2.75) is 12.1 Å². The maximum Gasteiger partial charge on any atom is 0.226 e. The van der Waals surface area contributed by atoms with Crippen LogP contribution in [0.2, 0.25) is 5.02 Å². The standard InChI is InChI=1S/C24H16ClFN4O/c25-16-8-11-19-18(12-16)21-20(23(31-19)15-6-9-17(26)10-7-15)22(14-4-2-1-3-5-14)30-24(29-21)27-13-28-30/h1-13,22-23H,(H,27,28,29)/t22-,23+/m1/s1. The summed E-state index contributed by atoms with van der Waals surface area (Å²) in [5.41, 5.74) is 4.60. The number of halogens is 2. The van der Waals surface area contributed by atoms with Crippen LogP contribution in [0.1, 0.15) is 28.8 Å². The van der Waals surface area contributed by atoms with Crippen molar-refractivity contribution in [1.82, 2.24) is 14.8 Å². The van der Waals surface area contributed by atoms with E-state index >= 15 is 0 Å². The van der Waals surface area contributed by atoms with E-state index in [0.717, 1.165) is 28.0 Å². The first-order chi connectivity index (χ1) is 15.2. The van der Waals surface area contributed by atoms with E-state index in [1.807, 2.05) is 35.0 Å². The fourth-order valence-corrected chi connectivity index (χ4v) is 4.48. The van der Waals surface area contributed by atoms with Gasteiger partial charge in [0.15, 0.2) is 0 Å². The number of aromatic nitrogens is 3. The topological polar surface area (TPSA) is 52.0 Å². The number of benzene rings is 3. The molecule has 0 aliphatic carbocycles. The maximum atomic E-state index is 13.7. The van der Waals surface area contributed by atoms with Crippen LogP contribution >= 0.6 is 11.6 Å². The van der Waals surface area contributed by atoms with Crippen molar-refractivity contribution in [2.75, 3.05) is 5.32 Å². The zero-order valence-corrected chi connectivity index (χ0v) is 16.9. The Kier molecular flexibility index (Phi) is 4.07. The molecule has 0 saturated heterocycles. The fraction of sp³-hybridized carbons (Fsp3) is 0.0833. The largest absolute Gasteiger partial charge is 0.480 e. The third-order valence-electron chi connectivity index (χ3n) is 5.66. The van der Waals surface area contributed by atoms with Crippen molar-refractivity contribution in [1.29, 1.82) is 0 Å². The normalized spacial score (nSPS) is 19.0. The summed E-state index contributed by atoms with van der Waals surface area (Å²) in [4.78, 5) is 4.41. The van der Waals surface area contributed by atoms with Gasteiger partial charge in [0.25, 0.3) is 0 Å². The molecule has 4 aromatic rings. The number of anilines is 1. The van der Waals surface area contributed by atoms with Gasteiger partial charge in [-0.3, -0.25) is 0 Å². The second-order valence-corrected chi connectivity index (χ2v) is 7.92. The van der Waals surface area contributed by atoms with Gasteiger partial charge in [-0.2, -0.15) is 10.1 Å². The molecule has 0 unspecified atom stereocenters. The molecule has 5 nitrogen and oxygen atoms in total. The summed E-state index contributed by atoms with van der Waals surface area (Å²) in [5, 5.41) is 8.53. The molecule has 0 radical (unpaired) electrons. The summed E-state index contributed by atoms with van der Waals surface area (Å²) >= 11 is 6.33. The smallest absolute Gasteiger partial charge is 0.226 e. The van der Waals surface area contributed by atoms with Gasteiger partial charge in [0.05, 0.1) is 5.70 Å². The van der Waals surface area contributed by atoms with Crippen LogP contribution < -0.4 is 10.1 Å². The van der Waals surface area contributed by atoms with Crippen LogP contribution in [0.4, 0.5) is 10.3 Å². The van der Waals surface area contributed by atoms with Gasteiger partial charge in [-0.25, -0.2) is 9.07 Å². The molecular formula is C24H16ClFN4O. The monoisotopic (exact) mass is 430 g/mol. The minimum Gasteiger partial charge on any atom is -0.480 e. The molecule has 7 heteroatoms. The third kappa shape index (κ3) is 2.91. The molecule has 2 aliphatic heterocycles. The van der Waals surface area contributed by atoms with Crippen LogP contribution in [-0.4, -0.2) is 14.8 Å². The maximum absolute atomic E-state index is 13.7. The lowest BCUT2D eigenvalue weighted by Crippen LogP contribution is -2.32. The summed E-state index contributed by atoms with van der Waals surface area (Å²) in [6.07, 6.45) is 1.09. The van der Waals surface area contributed by atoms with Gasteiger partial charge in [0.2, 0.25) is 5.95 Å². The van der Waals surface area contributed by atoms with E-state index in [1.54, 1.807) is 18.2 Å². The summed E-state index contributed by atoms with van der Waals surface area (Å²) in [5.74, 6) is 1.05. The number of fused-ring (bicyclic) bond motifs is 3. The summed E-state index contributed by atoms with van der Waals surface area (Å²) in [7, 11) is 0. The molecule has 152 valence electrons. The van der Waals surface area contributed by atoms with Gasteiger partial charge < -0.3 is 10.1 Å². The average molecular weight is 431 g/mol. The van der Waals surface area contributed by atoms with Gasteiger partial charge in [-0.15, -0.1) is 0 Å². The number of rotatable bonds is 2. The lowest BCUT2D eigenvalue weighted by atomic mass is 9.84. The number of nitrogens with one attached hydrogen (secondary N) is 1. The molecular weight excluding hydrogens is 415 g/mol. The molecule has 0 saturated carbocycles. The van der Waals surface area contributed by atoms with Crippen molar-refractivity contribution in [3.8, 4) is 5.75 Å². The second kappa shape index (κ2) is 6.96. The van der Waals surface area contributed by atoms with Gasteiger partial charge in [0, 0.05) is 16.2 Å². The molecule has 0 bridgehead atoms. The zero-order valence-electron chi connectivity index (χ0n) is 16.2. The van der Waals surface area contributed by atoms with E-state index in [0.29, 0.717) is 16.7 Å². The van der Waals surface area contributed by atoms with E-state index in [-0.39, 0.29) is 11.9 Å². The highest BCUT2D eigenvalue weighted by Gasteiger charge is 2.40. The Hall–Kier alpha value is -3.64. The van der Waals surface area contributed by atoms with E-state index in [9.17, 15) is 4.39 Å². The van der Waals surface area contributed by atoms with Crippen LogP contribution in [-0.2, 0) is 0 Å². The number of nitrogens with zero attached hydrogens (tertiary/aromatic N) is 3. The van der Waals surface area contributed by atoms with Crippen LogP contribution in [0, 0.1) is 5.82 Å². The molecule has 0 amide bonds. The number of hydrogen-bond acceptors (Lipinski definition) is 4. The first-order valence-corrected chi connectivity index (χ1v) is 10.2. The summed E-state index contributed by atoms with van der Waals surface area (Å²) in [6.45, 7) is 0. The zero-order chi connectivity index (χ0) is 20.9. The highest BCUT2D eigenvalue weighted by Crippen LogP contribution is 2.50. The lowest BCUT2D eigenvalue weighted by molar-refractivity contribution is 0.223. The Morgan fingerprint density at radius 3 is 2.58 bits per heavy atom. The Morgan fingerprint density at radius 2 is 1.77 bits per heavy atom. The Labute approximate surface area is 182 Å². The lowest BCUT2D eigenvalue weighted by Gasteiger charge is -2.39. The summed E-state index contributed by atoms with van der Waals surface area (Å²) in [6, 6.07) is 21.8. The first kappa shape index (κ1) is 18.2. The van der Waals surface area contributed by atoms with Crippen molar-refractivity contribution in [2.24, 2.45) is 0 Å². The molecule has 0 spiro atoms. The Bertz CT molecular complexity index is 1320. The molecule has 1 N–H and O–H groups in total. The molecule has 1 aromatic heterocycles. The van der Waals surface area contributed by atoms with Crippen LogP contribution in [0.5, 0.6) is 5.75 Å². The predicted octanol–water partition coefficient (Wildman–Crippen LogP) is 5.63. The Balaban J connectivity index is 1.64. The van der Waals surface area contributed by atoms with Gasteiger partial charge >= 0.3 is 0 Å². The van der Waals surface area contributed by atoms with Crippen LogP contribution in [0.3, 0.4) is 0 Å². The predicted molar refractivity (Wildman–Crippen MR) is 116 cm³/mol. The second-order valence-electron chi connectivity index (χ2n) is 7.49. The van der Waals surface area contributed by atoms with Gasteiger partial charge in [-0.05, 0) is 41.5 Å². The molecule has 3 aromatic carbocycles. The van der Waals surface area contributed by atoms with E-state index in [1.165, 1.54) is 18.5 Å². The van der Waals surface area contributed by atoms with Crippen LogP contribution in [0.15, 0.2) is 84.7 Å². The number of ether oxygens (including phenoxy) is 1. The molecule has 2 atom stereocenters. The third-order valence-corrected chi connectivity index (χ3v) is 5.90. The minimum absolute atomic E-state index is 0.253. The van der Waals surface area contributed by atoms with Crippen molar-refractivity contribution in [3.05, 3.63) is 112 Å². The van der Waals surface area contributed by atoms with E-state index in [4.69, 9.17) is 16.3 Å². The van der Waals surface area contributed by atoms with Crippen molar-refractivity contribution >= 4 is 23.2 Å². The fourth-order valence-electron chi connectivity index (χ4n) is 4.31. The highest BCUT2D eigenvalue weighted by molar-refractivity contribution is 6.30. The Morgan fingerprint density at radius 1 is 0.968 bits per heavy atom. The molecule has 0 fully saturated rings. The van der Waals surface area contributed by atoms with Crippen molar-refractivity contribution in [3.63, 3.8) is 0 Å². The minimum atomic E-state index is -0.445. The van der Waals surface area contributed by atoms with Gasteiger partial charge in [-0.1, -0.05) is 54.1 Å². The summed E-state index contributed by atoms with van der Waals surface area (Å²) < 4.78 is 22.0. The number of hydrogen-bond donors (Lipinski definition) is 1. The van der Waals surface area contributed by atoms with Crippen LogP contribution in [0.25, 0.3) is 5.70 Å². The quantitative estimate of drug-likeness (QED) is 0.447. The average Bonchev–Trinajstić information content (AvgIpc) is 3.27. The van der Waals surface area contributed by atoms with E-state index < -0.39 is 6.10 Å². The van der Waals surface area contributed by atoms with Gasteiger partial charge in [0.1, 0.15) is 30.0 Å². The van der Waals surface area contributed by atoms with Crippen molar-refractivity contribution < 1.29 is 9.13 Å². The molecule has 3 heterocycles. The first-order valence-electron chi connectivity index (χ1n) is 9.86. The molecule has 6 rings (SSSR count).